The molecule has 0 bridgehead atoms. The Morgan fingerprint density at radius 2 is 1.81 bits per heavy atom. The maximum Gasteiger partial charge on any atom is 0.242 e. The van der Waals surface area contributed by atoms with Crippen LogP contribution in [0.25, 0.3) is 0 Å². The van der Waals surface area contributed by atoms with Crippen LogP contribution >= 0.6 is 0 Å². The van der Waals surface area contributed by atoms with Gasteiger partial charge in [0.1, 0.15) is 0 Å². The number of sulfonamides is 1. The lowest BCUT2D eigenvalue weighted by Gasteiger charge is -2.17. The number of rotatable bonds is 5. The van der Waals surface area contributed by atoms with Crippen LogP contribution in [0.5, 0.6) is 0 Å². The molecule has 142 valence electrons. The van der Waals surface area contributed by atoms with Crippen LogP contribution in [0, 0.1) is 5.92 Å². The van der Waals surface area contributed by atoms with Crippen LogP contribution in [0.4, 0.5) is 11.4 Å². The van der Waals surface area contributed by atoms with E-state index in [2.05, 4.69) is 5.32 Å². The van der Waals surface area contributed by atoms with Crippen LogP contribution in [0.15, 0.2) is 59.5 Å². The van der Waals surface area contributed by atoms with Gasteiger partial charge in [-0.3, -0.25) is 9.59 Å². The third kappa shape index (κ3) is 4.01. The van der Waals surface area contributed by atoms with E-state index in [-0.39, 0.29) is 23.1 Å². The molecule has 27 heavy (non-hydrogen) atoms. The first kappa shape index (κ1) is 19.1. The minimum Gasteiger partial charge on any atom is -0.326 e. The molecule has 7 nitrogen and oxygen atoms in total. The van der Waals surface area contributed by atoms with Gasteiger partial charge in [-0.25, -0.2) is 12.7 Å². The van der Waals surface area contributed by atoms with E-state index >= 15 is 0 Å². The number of hydrogen-bond acceptors (Lipinski definition) is 4. The molecule has 0 aromatic heterocycles. The van der Waals surface area contributed by atoms with Gasteiger partial charge in [0.2, 0.25) is 21.8 Å². The van der Waals surface area contributed by atoms with E-state index in [0.717, 1.165) is 9.99 Å². The van der Waals surface area contributed by atoms with Crippen LogP contribution in [0.3, 0.4) is 0 Å². The molecule has 3 rings (SSSR count). The standard InChI is InChI=1S/C19H21N3O4S/c1-21(2)27(25,26)17-10-6-7-15(12-17)20-19(24)14-11-18(23)22(13-14)16-8-4-3-5-9-16/h3-10,12,14H,11,13H2,1-2H3,(H,20,24). The lowest BCUT2D eigenvalue weighted by Crippen LogP contribution is -2.28. The Labute approximate surface area is 158 Å². The van der Waals surface area contributed by atoms with Gasteiger partial charge in [0.25, 0.3) is 0 Å². The fourth-order valence-corrected chi connectivity index (χ4v) is 3.88. The SMILES string of the molecule is CN(C)S(=O)(=O)c1cccc(NC(=O)C2CC(=O)N(c3ccccc3)C2)c1. The zero-order valence-electron chi connectivity index (χ0n) is 15.1. The molecule has 0 radical (unpaired) electrons. The van der Waals surface area contributed by atoms with Gasteiger partial charge in [-0.2, -0.15) is 0 Å². The first-order valence-electron chi connectivity index (χ1n) is 8.48. The quantitative estimate of drug-likeness (QED) is 0.849. The largest absolute Gasteiger partial charge is 0.326 e. The summed E-state index contributed by atoms with van der Waals surface area (Å²) < 4.78 is 25.6. The second kappa shape index (κ2) is 7.50. The highest BCUT2D eigenvalue weighted by molar-refractivity contribution is 7.89. The summed E-state index contributed by atoms with van der Waals surface area (Å²) in [4.78, 5) is 26.5. The van der Waals surface area contributed by atoms with Crippen LogP contribution < -0.4 is 10.2 Å². The molecule has 1 unspecified atom stereocenters. The van der Waals surface area contributed by atoms with E-state index in [0.29, 0.717) is 12.2 Å². The molecule has 0 spiro atoms. The van der Waals surface area contributed by atoms with Gasteiger partial charge in [0.05, 0.1) is 10.8 Å². The van der Waals surface area contributed by atoms with Crippen molar-refractivity contribution in [3.63, 3.8) is 0 Å². The average Bonchev–Trinajstić information content (AvgIpc) is 3.04. The normalized spacial score (nSPS) is 17.4. The molecule has 0 saturated carbocycles. The summed E-state index contributed by atoms with van der Waals surface area (Å²) in [5.41, 5.74) is 1.14. The zero-order valence-corrected chi connectivity index (χ0v) is 15.9. The maximum absolute atomic E-state index is 12.6. The highest BCUT2D eigenvalue weighted by Crippen LogP contribution is 2.26. The highest BCUT2D eigenvalue weighted by Gasteiger charge is 2.35. The molecular weight excluding hydrogens is 366 g/mol. The number of para-hydroxylation sites is 1. The molecule has 8 heteroatoms. The van der Waals surface area contributed by atoms with Crippen LogP contribution in [0.1, 0.15) is 6.42 Å². The summed E-state index contributed by atoms with van der Waals surface area (Å²) in [6.45, 7) is 0.296. The monoisotopic (exact) mass is 387 g/mol. The molecule has 1 atom stereocenters. The topological polar surface area (TPSA) is 86.8 Å². The lowest BCUT2D eigenvalue weighted by molar-refractivity contribution is -0.122. The van der Waals surface area contributed by atoms with Crippen LogP contribution in [0.2, 0.25) is 0 Å². The smallest absolute Gasteiger partial charge is 0.242 e. The van der Waals surface area contributed by atoms with Crippen molar-refractivity contribution >= 4 is 33.2 Å². The van der Waals surface area contributed by atoms with Gasteiger partial charge in [-0.1, -0.05) is 24.3 Å². The second-order valence-corrected chi connectivity index (χ2v) is 8.70. The van der Waals surface area contributed by atoms with E-state index in [1.807, 2.05) is 30.3 Å². The summed E-state index contributed by atoms with van der Waals surface area (Å²) >= 11 is 0. The van der Waals surface area contributed by atoms with Crippen molar-refractivity contribution in [2.24, 2.45) is 5.92 Å². The molecule has 2 aromatic rings. The Hall–Kier alpha value is -2.71. The minimum absolute atomic E-state index is 0.0960. The predicted octanol–water partition coefficient (Wildman–Crippen LogP) is 1.93. The van der Waals surface area contributed by atoms with Crippen molar-refractivity contribution in [2.75, 3.05) is 30.9 Å². The van der Waals surface area contributed by atoms with Crippen molar-refractivity contribution in [1.29, 1.82) is 0 Å². The molecule has 2 aromatic carbocycles. The Morgan fingerprint density at radius 3 is 2.48 bits per heavy atom. The molecule has 1 saturated heterocycles. The van der Waals surface area contributed by atoms with E-state index in [1.165, 1.54) is 26.2 Å². The van der Waals surface area contributed by atoms with Gasteiger partial charge >= 0.3 is 0 Å². The number of carbonyl (C=O) groups is 2. The van der Waals surface area contributed by atoms with E-state index in [1.54, 1.807) is 17.0 Å². The Kier molecular flexibility index (Phi) is 5.29. The molecule has 1 heterocycles. The molecule has 1 aliphatic heterocycles. The first-order valence-corrected chi connectivity index (χ1v) is 9.92. The van der Waals surface area contributed by atoms with Gasteiger partial charge in [-0.15, -0.1) is 0 Å². The molecule has 1 N–H and O–H groups in total. The summed E-state index contributed by atoms with van der Waals surface area (Å²) in [6.07, 6.45) is 0.121. The summed E-state index contributed by atoms with van der Waals surface area (Å²) in [6, 6.07) is 15.3. The summed E-state index contributed by atoms with van der Waals surface area (Å²) in [5, 5.41) is 2.73. The molecule has 0 aliphatic carbocycles. The van der Waals surface area contributed by atoms with E-state index < -0.39 is 15.9 Å². The number of amides is 2. The number of benzene rings is 2. The van der Waals surface area contributed by atoms with E-state index in [9.17, 15) is 18.0 Å². The zero-order chi connectivity index (χ0) is 19.6. The lowest BCUT2D eigenvalue weighted by atomic mass is 10.1. The Bertz CT molecular complexity index is 958. The average molecular weight is 387 g/mol. The Balaban J connectivity index is 1.72. The molecule has 1 aliphatic rings. The van der Waals surface area contributed by atoms with Gasteiger partial charge in [0.15, 0.2) is 0 Å². The summed E-state index contributed by atoms with van der Waals surface area (Å²) in [7, 11) is -0.693. The van der Waals surface area contributed by atoms with Crippen molar-refractivity contribution in [2.45, 2.75) is 11.3 Å². The van der Waals surface area contributed by atoms with Crippen LogP contribution in [-0.2, 0) is 19.6 Å². The fraction of sp³-hybridized carbons (Fsp3) is 0.263. The van der Waals surface area contributed by atoms with Crippen LogP contribution in [-0.4, -0.2) is 45.2 Å². The molecular formula is C19H21N3O4S. The third-order valence-corrected chi connectivity index (χ3v) is 6.25. The number of anilines is 2. The minimum atomic E-state index is -3.59. The van der Waals surface area contributed by atoms with Gasteiger partial charge in [0, 0.05) is 38.4 Å². The van der Waals surface area contributed by atoms with E-state index in [4.69, 9.17) is 0 Å². The van der Waals surface area contributed by atoms with Crippen molar-refractivity contribution in [1.82, 2.24) is 4.31 Å². The third-order valence-electron chi connectivity index (χ3n) is 4.44. The second-order valence-electron chi connectivity index (χ2n) is 6.55. The molecule has 1 fully saturated rings. The van der Waals surface area contributed by atoms with Gasteiger partial charge < -0.3 is 10.2 Å². The number of carbonyl (C=O) groups excluding carboxylic acids is 2. The number of hydrogen-bond donors (Lipinski definition) is 1. The highest BCUT2D eigenvalue weighted by atomic mass is 32.2. The molecule has 2 amide bonds. The van der Waals surface area contributed by atoms with Crippen molar-refractivity contribution in [3.8, 4) is 0 Å². The fourth-order valence-electron chi connectivity index (χ4n) is 2.93. The number of nitrogens with one attached hydrogen (secondary N) is 1. The first-order chi connectivity index (χ1) is 12.8. The number of nitrogens with zero attached hydrogens (tertiary/aromatic N) is 2. The predicted molar refractivity (Wildman–Crippen MR) is 103 cm³/mol. The summed E-state index contributed by atoms with van der Waals surface area (Å²) in [5.74, 6) is -0.904. The Morgan fingerprint density at radius 1 is 1.11 bits per heavy atom. The van der Waals surface area contributed by atoms with Gasteiger partial charge in [-0.05, 0) is 30.3 Å². The van der Waals surface area contributed by atoms with Crippen molar-refractivity contribution in [3.05, 3.63) is 54.6 Å². The maximum atomic E-state index is 12.6. The van der Waals surface area contributed by atoms with Crippen molar-refractivity contribution < 1.29 is 18.0 Å².